The van der Waals surface area contributed by atoms with Crippen LogP contribution in [0.3, 0.4) is 0 Å². The minimum atomic E-state index is -0.474. The third kappa shape index (κ3) is 5.50. The lowest BCUT2D eigenvalue weighted by Crippen LogP contribution is -2.40. The van der Waals surface area contributed by atoms with Crippen molar-refractivity contribution in [2.24, 2.45) is 0 Å². The fourth-order valence-electron chi connectivity index (χ4n) is 1.40. The van der Waals surface area contributed by atoms with E-state index < -0.39 is 11.7 Å². The molecule has 0 rings (SSSR count). The Labute approximate surface area is 93.8 Å². The highest BCUT2D eigenvalue weighted by Crippen LogP contribution is 2.23. The Morgan fingerprint density at radius 3 is 2.13 bits per heavy atom. The fraction of sp³-hybridized carbons (Fsp3) is 1.00. The Bertz CT molecular complexity index is 176. The van der Waals surface area contributed by atoms with E-state index in [1.165, 1.54) is 0 Å². The Morgan fingerprint density at radius 1 is 1.20 bits per heavy atom. The molecule has 0 fully saturated rings. The summed E-state index contributed by atoms with van der Waals surface area (Å²) in [5.41, 5.74) is -0.651. The molecule has 0 aromatic heterocycles. The molecule has 0 aliphatic rings. The molecule has 0 aromatic carbocycles. The summed E-state index contributed by atoms with van der Waals surface area (Å²) in [5.74, 6) is 0. The molecule has 15 heavy (non-hydrogen) atoms. The van der Waals surface area contributed by atoms with Crippen LogP contribution < -0.4 is 0 Å². The van der Waals surface area contributed by atoms with E-state index in [0.717, 1.165) is 6.42 Å². The molecular weight excluding hydrogens is 192 g/mol. The van der Waals surface area contributed by atoms with E-state index in [1.54, 1.807) is 7.11 Å². The van der Waals surface area contributed by atoms with Gasteiger partial charge in [-0.05, 0) is 47.5 Å². The Hall–Kier alpha value is -0.120. The molecule has 1 atom stereocenters. The van der Waals surface area contributed by atoms with Gasteiger partial charge < -0.3 is 14.6 Å². The molecule has 0 radical (unpaired) electrons. The zero-order valence-corrected chi connectivity index (χ0v) is 11.0. The first kappa shape index (κ1) is 14.9. The number of hydrogen-bond acceptors (Lipinski definition) is 3. The molecule has 0 aliphatic carbocycles. The van der Waals surface area contributed by atoms with Gasteiger partial charge in [-0.1, -0.05) is 0 Å². The molecule has 0 aliphatic heterocycles. The summed E-state index contributed by atoms with van der Waals surface area (Å²) < 4.78 is 10.8. The van der Waals surface area contributed by atoms with Crippen LogP contribution >= 0.6 is 0 Å². The predicted octanol–water partition coefficient (Wildman–Crippen LogP) is 2.37. The first-order chi connectivity index (χ1) is 6.75. The molecule has 3 heteroatoms. The number of rotatable bonds is 7. The summed E-state index contributed by atoms with van der Waals surface area (Å²) in [7, 11) is 1.69. The molecule has 1 unspecified atom stereocenters. The van der Waals surface area contributed by atoms with Gasteiger partial charge in [0.05, 0.1) is 17.3 Å². The van der Waals surface area contributed by atoms with Gasteiger partial charge in [0.1, 0.15) is 0 Å². The highest BCUT2D eigenvalue weighted by molar-refractivity contribution is 4.81. The summed E-state index contributed by atoms with van der Waals surface area (Å²) in [4.78, 5) is 0. The van der Waals surface area contributed by atoms with Gasteiger partial charge in [0, 0.05) is 13.7 Å². The van der Waals surface area contributed by atoms with Gasteiger partial charge in [-0.2, -0.15) is 0 Å². The average Bonchev–Trinajstić information content (AvgIpc) is 2.14. The maximum Gasteiger partial charge on any atom is 0.0884 e. The normalized spacial score (nSPS) is 15.4. The molecule has 3 nitrogen and oxygen atoms in total. The van der Waals surface area contributed by atoms with Crippen molar-refractivity contribution >= 4 is 0 Å². The first-order valence-electron chi connectivity index (χ1n) is 5.62. The van der Waals surface area contributed by atoms with Crippen LogP contribution in [-0.2, 0) is 9.47 Å². The van der Waals surface area contributed by atoms with Gasteiger partial charge in [-0.3, -0.25) is 0 Å². The molecule has 0 aromatic rings. The molecule has 0 heterocycles. The second kappa shape index (κ2) is 5.83. The van der Waals surface area contributed by atoms with E-state index >= 15 is 0 Å². The summed E-state index contributed by atoms with van der Waals surface area (Å²) in [5, 5.41) is 9.99. The number of hydrogen-bond donors (Lipinski definition) is 1. The maximum atomic E-state index is 9.99. The first-order valence-corrected chi connectivity index (χ1v) is 5.62. The van der Waals surface area contributed by atoms with Crippen LogP contribution in [0.1, 0.15) is 47.5 Å². The quantitative estimate of drug-likeness (QED) is 0.713. The molecule has 92 valence electrons. The molecule has 0 amide bonds. The van der Waals surface area contributed by atoms with Crippen molar-refractivity contribution in [2.45, 2.75) is 64.8 Å². The minimum Gasteiger partial charge on any atom is -0.390 e. The fourth-order valence-corrected chi connectivity index (χ4v) is 1.40. The lowest BCUT2D eigenvalue weighted by Gasteiger charge is -2.32. The van der Waals surface area contributed by atoms with Crippen LogP contribution in [-0.4, -0.2) is 36.1 Å². The third-order valence-electron chi connectivity index (χ3n) is 2.89. The van der Waals surface area contributed by atoms with Crippen LogP contribution in [0, 0.1) is 0 Å². The lowest BCUT2D eigenvalue weighted by atomic mass is 9.92. The van der Waals surface area contributed by atoms with Crippen LogP contribution in [0.5, 0.6) is 0 Å². The number of aliphatic hydroxyl groups excluding tert-OH is 1. The van der Waals surface area contributed by atoms with Crippen LogP contribution in [0.2, 0.25) is 0 Å². The largest absolute Gasteiger partial charge is 0.390 e. The minimum absolute atomic E-state index is 0.177. The Kier molecular flexibility index (Phi) is 5.78. The Morgan fingerprint density at radius 2 is 1.73 bits per heavy atom. The van der Waals surface area contributed by atoms with E-state index in [9.17, 15) is 5.11 Å². The number of methoxy groups -OCH3 is 1. The topological polar surface area (TPSA) is 38.7 Å². The molecule has 0 spiro atoms. The van der Waals surface area contributed by atoms with Crippen molar-refractivity contribution in [3.8, 4) is 0 Å². The van der Waals surface area contributed by atoms with Gasteiger partial charge in [-0.25, -0.2) is 0 Å². The third-order valence-corrected chi connectivity index (χ3v) is 2.89. The summed E-state index contributed by atoms with van der Waals surface area (Å²) in [6, 6.07) is 0. The van der Waals surface area contributed by atoms with Gasteiger partial charge in [0.15, 0.2) is 0 Å². The van der Waals surface area contributed by atoms with Gasteiger partial charge in [0.2, 0.25) is 0 Å². The molecule has 1 N–H and O–H groups in total. The van der Waals surface area contributed by atoms with E-state index in [1.807, 2.05) is 34.6 Å². The van der Waals surface area contributed by atoms with Crippen molar-refractivity contribution in [3.63, 3.8) is 0 Å². The summed E-state index contributed by atoms with van der Waals surface area (Å²) in [6.45, 7) is 10.4. The van der Waals surface area contributed by atoms with Gasteiger partial charge in [0.25, 0.3) is 0 Å². The highest BCUT2D eigenvalue weighted by Gasteiger charge is 2.30. The van der Waals surface area contributed by atoms with E-state index in [-0.39, 0.29) is 5.60 Å². The van der Waals surface area contributed by atoms with Crippen molar-refractivity contribution in [1.82, 2.24) is 0 Å². The predicted molar refractivity (Wildman–Crippen MR) is 62.0 cm³/mol. The van der Waals surface area contributed by atoms with E-state index in [4.69, 9.17) is 9.47 Å². The van der Waals surface area contributed by atoms with Gasteiger partial charge >= 0.3 is 0 Å². The summed E-state index contributed by atoms with van der Waals surface area (Å²) >= 11 is 0. The standard InChI is InChI=1S/C12H26O3/c1-7-15-12(4,5)10(13)8-9-11(2,3)14-6/h10,13H,7-9H2,1-6H3. The van der Waals surface area contributed by atoms with Crippen LogP contribution in [0.4, 0.5) is 0 Å². The van der Waals surface area contributed by atoms with E-state index in [0.29, 0.717) is 13.0 Å². The van der Waals surface area contributed by atoms with Crippen LogP contribution in [0.25, 0.3) is 0 Å². The second-order valence-corrected chi connectivity index (χ2v) is 5.05. The molecule has 0 saturated heterocycles. The molecule has 0 bridgehead atoms. The van der Waals surface area contributed by atoms with Crippen LogP contribution in [0.15, 0.2) is 0 Å². The smallest absolute Gasteiger partial charge is 0.0884 e. The van der Waals surface area contributed by atoms with Crippen molar-refractivity contribution in [2.75, 3.05) is 13.7 Å². The molecular formula is C12H26O3. The van der Waals surface area contributed by atoms with Crippen molar-refractivity contribution < 1.29 is 14.6 Å². The van der Waals surface area contributed by atoms with E-state index in [2.05, 4.69) is 0 Å². The van der Waals surface area contributed by atoms with Crippen molar-refractivity contribution in [3.05, 3.63) is 0 Å². The Balaban J connectivity index is 4.08. The van der Waals surface area contributed by atoms with Crippen molar-refractivity contribution in [1.29, 1.82) is 0 Å². The molecule has 0 saturated carbocycles. The van der Waals surface area contributed by atoms with Gasteiger partial charge in [-0.15, -0.1) is 0 Å². The monoisotopic (exact) mass is 218 g/mol. The highest BCUT2D eigenvalue weighted by atomic mass is 16.5. The maximum absolute atomic E-state index is 9.99. The average molecular weight is 218 g/mol. The number of aliphatic hydroxyl groups is 1. The lowest BCUT2D eigenvalue weighted by molar-refractivity contribution is -0.106. The zero-order chi connectivity index (χ0) is 12.1. The zero-order valence-electron chi connectivity index (χ0n) is 11.0. The summed E-state index contributed by atoms with van der Waals surface area (Å²) in [6.07, 6.45) is 1.06. The second-order valence-electron chi connectivity index (χ2n) is 5.05. The SMILES string of the molecule is CCOC(C)(C)C(O)CCC(C)(C)OC. The number of ether oxygens (including phenoxy) is 2.